The molecule has 0 amide bonds. The number of fused-ring (bicyclic) bond motifs is 1. The minimum atomic E-state index is 0.680. The quantitative estimate of drug-likeness (QED) is 0.689. The van der Waals surface area contributed by atoms with Crippen molar-refractivity contribution in [3.05, 3.63) is 24.2 Å². The highest BCUT2D eigenvalue weighted by Crippen LogP contribution is 2.38. The molecule has 2 aromatic heterocycles. The van der Waals surface area contributed by atoms with E-state index in [2.05, 4.69) is 15.0 Å². The van der Waals surface area contributed by atoms with Crippen LogP contribution in [-0.4, -0.2) is 15.0 Å². The van der Waals surface area contributed by atoms with Crippen LogP contribution in [0.2, 0.25) is 0 Å². The molecule has 1 aliphatic carbocycles. The third-order valence-corrected chi connectivity index (χ3v) is 2.24. The minimum absolute atomic E-state index is 0.680. The number of imidazole rings is 1. The molecule has 1 saturated carbocycles. The molecule has 12 heavy (non-hydrogen) atoms. The maximum Gasteiger partial charge on any atom is 0.157 e. The first kappa shape index (κ1) is 6.17. The molecule has 0 unspecified atom stereocenters. The van der Waals surface area contributed by atoms with Crippen molar-refractivity contribution < 1.29 is 0 Å². The Morgan fingerprint density at radius 2 is 2.33 bits per heavy atom. The summed E-state index contributed by atoms with van der Waals surface area (Å²) in [7, 11) is 0. The van der Waals surface area contributed by atoms with Gasteiger partial charge in [0.25, 0.3) is 0 Å². The third-order valence-electron chi connectivity index (χ3n) is 2.24. The number of H-pyrrole nitrogens is 1. The highest BCUT2D eigenvalue weighted by Gasteiger charge is 2.26. The number of pyridine rings is 1. The first-order valence-corrected chi connectivity index (χ1v) is 4.24. The molecule has 0 aliphatic heterocycles. The van der Waals surface area contributed by atoms with Crippen LogP contribution in [0.15, 0.2) is 18.3 Å². The van der Waals surface area contributed by atoms with Crippen molar-refractivity contribution in [3.8, 4) is 0 Å². The van der Waals surface area contributed by atoms with Gasteiger partial charge in [-0.2, -0.15) is 0 Å². The molecular weight excluding hydrogens is 150 g/mol. The predicted octanol–water partition coefficient (Wildman–Crippen LogP) is 1.84. The standard InChI is InChI=1S/C9H9N3/c1-2-7-9(10-5-1)12-8(11-7)6-3-4-6/h1-2,5-6H,3-4H2,(H,10,11,12). The van der Waals surface area contributed by atoms with E-state index < -0.39 is 0 Å². The van der Waals surface area contributed by atoms with Crippen LogP contribution >= 0.6 is 0 Å². The minimum Gasteiger partial charge on any atom is -0.326 e. The largest absolute Gasteiger partial charge is 0.326 e. The van der Waals surface area contributed by atoms with Crippen molar-refractivity contribution in [1.29, 1.82) is 0 Å². The summed E-state index contributed by atoms with van der Waals surface area (Å²) in [6.07, 6.45) is 4.34. The zero-order valence-corrected chi connectivity index (χ0v) is 6.62. The topological polar surface area (TPSA) is 41.6 Å². The molecule has 1 N–H and O–H groups in total. The lowest BCUT2D eigenvalue weighted by Gasteiger charge is -1.83. The Bertz CT molecular complexity index is 381. The van der Waals surface area contributed by atoms with Crippen molar-refractivity contribution in [3.63, 3.8) is 0 Å². The van der Waals surface area contributed by atoms with Gasteiger partial charge in [-0.3, -0.25) is 0 Å². The number of rotatable bonds is 1. The lowest BCUT2D eigenvalue weighted by molar-refractivity contribution is 0.983. The summed E-state index contributed by atoms with van der Waals surface area (Å²) in [6.45, 7) is 0. The second kappa shape index (κ2) is 2.06. The van der Waals surface area contributed by atoms with Gasteiger partial charge in [-0.15, -0.1) is 0 Å². The van der Waals surface area contributed by atoms with Crippen LogP contribution in [0, 0.1) is 0 Å². The van der Waals surface area contributed by atoms with Gasteiger partial charge < -0.3 is 4.98 Å². The van der Waals surface area contributed by atoms with Crippen molar-refractivity contribution >= 4 is 11.2 Å². The first-order chi connectivity index (χ1) is 5.93. The number of nitrogens with zero attached hydrogens (tertiary/aromatic N) is 2. The summed E-state index contributed by atoms with van der Waals surface area (Å²) in [4.78, 5) is 11.9. The molecule has 0 spiro atoms. The summed E-state index contributed by atoms with van der Waals surface area (Å²) < 4.78 is 0. The average Bonchev–Trinajstić information content (AvgIpc) is 2.85. The number of aromatic amines is 1. The molecule has 3 rings (SSSR count). The van der Waals surface area contributed by atoms with Crippen LogP contribution < -0.4 is 0 Å². The Morgan fingerprint density at radius 1 is 1.42 bits per heavy atom. The Labute approximate surface area is 69.9 Å². The van der Waals surface area contributed by atoms with E-state index in [0.717, 1.165) is 17.0 Å². The zero-order valence-electron chi connectivity index (χ0n) is 6.62. The zero-order chi connectivity index (χ0) is 7.97. The molecule has 3 nitrogen and oxygen atoms in total. The van der Waals surface area contributed by atoms with Crippen LogP contribution in [0.5, 0.6) is 0 Å². The van der Waals surface area contributed by atoms with Gasteiger partial charge in [-0.25, -0.2) is 9.97 Å². The van der Waals surface area contributed by atoms with Crippen LogP contribution in [0.3, 0.4) is 0 Å². The molecule has 0 atom stereocenters. The van der Waals surface area contributed by atoms with E-state index in [0.29, 0.717) is 5.92 Å². The molecule has 3 heteroatoms. The second-order valence-electron chi connectivity index (χ2n) is 3.27. The van der Waals surface area contributed by atoms with E-state index in [1.165, 1.54) is 12.8 Å². The molecule has 2 aromatic rings. The van der Waals surface area contributed by atoms with Crippen molar-refractivity contribution in [2.75, 3.05) is 0 Å². The molecule has 0 bridgehead atoms. The maximum atomic E-state index is 4.46. The van der Waals surface area contributed by atoms with E-state index in [4.69, 9.17) is 0 Å². The highest BCUT2D eigenvalue weighted by atomic mass is 15.0. The first-order valence-electron chi connectivity index (χ1n) is 4.24. The Morgan fingerprint density at radius 3 is 3.08 bits per heavy atom. The van der Waals surface area contributed by atoms with Crippen LogP contribution in [-0.2, 0) is 0 Å². The van der Waals surface area contributed by atoms with Gasteiger partial charge in [0.1, 0.15) is 11.3 Å². The molecule has 0 saturated heterocycles. The molecule has 0 aromatic carbocycles. The number of hydrogen-bond acceptors (Lipinski definition) is 2. The Hall–Kier alpha value is -1.38. The van der Waals surface area contributed by atoms with Crippen molar-refractivity contribution in [1.82, 2.24) is 15.0 Å². The number of aromatic nitrogens is 3. The Kier molecular flexibility index (Phi) is 1.06. The SMILES string of the molecule is c1cnc2[nH]c(C3CC3)nc2c1. The molecule has 1 aliphatic rings. The number of hydrogen-bond donors (Lipinski definition) is 1. The van der Waals surface area contributed by atoms with Crippen LogP contribution in [0.25, 0.3) is 11.2 Å². The van der Waals surface area contributed by atoms with Crippen molar-refractivity contribution in [2.45, 2.75) is 18.8 Å². The summed E-state index contributed by atoms with van der Waals surface area (Å²) in [5.74, 6) is 1.79. The van der Waals surface area contributed by atoms with Crippen molar-refractivity contribution in [2.24, 2.45) is 0 Å². The highest BCUT2D eigenvalue weighted by molar-refractivity contribution is 5.70. The molecule has 60 valence electrons. The summed E-state index contributed by atoms with van der Waals surface area (Å²) >= 11 is 0. The predicted molar refractivity (Wildman–Crippen MR) is 45.9 cm³/mol. The van der Waals surface area contributed by atoms with Crippen LogP contribution in [0.4, 0.5) is 0 Å². The fraction of sp³-hybridized carbons (Fsp3) is 0.333. The fourth-order valence-corrected chi connectivity index (χ4v) is 1.41. The van der Waals surface area contributed by atoms with Gasteiger partial charge in [-0.1, -0.05) is 0 Å². The molecule has 0 radical (unpaired) electrons. The van der Waals surface area contributed by atoms with Gasteiger partial charge in [0.2, 0.25) is 0 Å². The summed E-state index contributed by atoms with van der Waals surface area (Å²) in [5, 5.41) is 0. The lowest BCUT2D eigenvalue weighted by Crippen LogP contribution is -1.79. The normalized spacial score (nSPS) is 17.0. The smallest absolute Gasteiger partial charge is 0.157 e. The summed E-state index contributed by atoms with van der Waals surface area (Å²) in [5.41, 5.74) is 1.90. The average molecular weight is 159 g/mol. The fourth-order valence-electron chi connectivity index (χ4n) is 1.41. The second-order valence-corrected chi connectivity index (χ2v) is 3.27. The molecule has 1 fully saturated rings. The van der Waals surface area contributed by atoms with Gasteiger partial charge in [0, 0.05) is 12.1 Å². The summed E-state index contributed by atoms with van der Waals surface area (Å²) in [6, 6.07) is 3.91. The van der Waals surface area contributed by atoms with E-state index in [1.54, 1.807) is 6.20 Å². The lowest BCUT2D eigenvalue weighted by atomic mass is 10.4. The monoisotopic (exact) mass is 159 g/mol. The van der Waals surface area contributed by atoms with E-state index in [-0.39, 0.29) is 0 Å². The Balaban J connectivity index is 2.23. The van der Waals surface area contributed by atoms with E-state index in [9.17, 15) is 0 Å². The molecule has 2 heterocycles. The maximum absolute atomic E-state index is 4.46. The van der Waals surface area contributed by atoms with Gasteiger partial charge in [0.05, 0.1) is 0 Å². The van der Waals surface area contributed by atoms with Crippen LogP contribution in [0.1, 0.15) is 24.6 Å². The van der Waals surface area contributed by atoms with Gasteiger partial charge in [0.15, 0.2) is 5.65 Å². The van der Waals surface area contributed by atoms with E-state index in [1.807, 2.05) is 12.1 Å². The van der Waals surface area contributed by atoms with Gasteiger partial charge in [-0.05, 0) is 25.0 Å². The number of nitrogens with one attached hydrogen (secondary N) is 1. The molecular formula is C9H9N3. The van der Waals surface area contributed by atoms with E-state index >= 15 is 0 Å². The third kappa shape index (κ3) is 0.826. The van der Waals surface area contributed by atoms with Gasteiger partial charge >= 0.3 is 0 Å².